The van der Waals surface area contributed by atoms with E-state index in [0.717, 1.165) is 11.1 Å². The van der Waals surface area contributed by atoms with Crippen molar-refractivity contribution in [3.8, 4) is 11.3 Å². The summed E-state index contributed by atoms with van der Waals surface area (Å²) in [6, 6.07) is 18.4. The second-order valence-electron chi connectivity index (χ2n) is 7.32. The summed E-state index contributed by atoms with van der Waals surface area (Å²) in [7, 11) is 1.40. The van der Waals surface area contributed by atoms with Crippen LogP contribution in [0, 0.1) is 0 Å². The minimum absolute atomic E-state index is 0.224. The Morgan fingerprint density at radius 2 is 1.80 bits per heavy atom. The monoisotopic (exact) mass is 424 g/mol. The number of aromatic nitrogens is 1. The fourth-order valence-corrected chi connectivity index (χ4v) is 4.16. The van der Waals surface area contributed by atoms with Crippen molar-refractivity contribution in [1.82, 2.24) is 10.1 Å². The van der Waals surface area contributed by atoms with Gasteiger partial charge in [0.05, 0.1) is 12.5 Å². The molecule has 0 aliphatic carbocycles. The van der Waals surface area contributed by atoms with Gasteiger partial charge in [0.25, 0.3) is 5.91 Å². The van der Waals surface area contributed by atoms with Crippen molar-refractivity contribution in [2.24, 2.45) is 0 Å². The summed E-state index contributed by atoms with van der Waals surface area (Å²) in [5.74, 6) is -0.0184. The van der Waals surface area contributed by atoms with Crippen LogP contribution in [0.5, 0.6) is 0 Å². The highest BCUT2D eigenvalue weighted by Gasteiger charge is 2.45. The normalized spacial score (nSPS) is 15.6. The first kappa shape index (κ1) is 20.2. The van der Waals surface area contributed by atoms with E-state index in [9.17, 15) is 9.59 Å². The van der Waals surface area contributed by atoms with Gasteiger partial charge in [-0.15, -0.1) is 0 Å². The highest BCUT2D eigenvalue weighted by Crippen LogP contribution is 2.37. The van der Waals surface area contributed by atoms with Crippen molar-refractivity contribution in [3.05, 3.63) is 76.9 Å². The van der Waals surface area contributed by atoms with Gasteiger partial charge < -0.3 is 14.2 Å². The minimum atomic E-state index is -0.747. The number of hydrogen-bond acceptors (Lipinski definition) is 5. The molecule has 0 unspecified atom stereocenters. The van der Waals surface area contributed by atoms with Crippen molar-refractivity contribution in [2.75, 3.05) is 20.2 Å². The Kier molecular flexibility index (Phi) is 5.59. The van der Waals surface area contributed by atoms with Gasteiger partial charge in [0.15, 0.2) is 11.5 Å². The standard InChI is InChI=1S/C23H21ClN2O4/c1-29-22(28)23(17-7-3-2-4-8-17)10-12-26(13-11-23)21(27)19-15-20(30-25-19)16-6-5-9-18(24)14-16/h2-9,14-15H,10-13H2,1H3. The number of halogens is 1. The first-order chi connectivity index (χ1) is 14.5. The summed E-state index contributed by atoms with van der Waals surface area (Å²) in [6.45, 7) is 0.838. The zero-order valence-electron chi connectivity index (χ0n) is 16.5. The lowest BCUT2D eigenvalue weighted by Crippen LogP contribution is -2.49. The number of likely N-dealkylation sites (tertiary alicyclic amines) is 1. The quantitative estimate of drug-likeness (QED) is 0.582. The van der Waals surface area contributed by atoms with E-state index in [1.165, 1.54) is 7.11 Å². The molecule has 1 aromatic heterocycles. The smallest absolute Gasteiger partial charge is 0.316 e. The molecule has 6 nitrogen and oxygen atoms in total. The molecule has 30 heavy (non-hydrogen) atoms. The molecular weight excluding hydrogens is 404 g/mol. The number of rotatable bonds is 4. The lowest BCUT2D eigenvalue weighted by molar-refractivity contribution is -0.149. The van der Waals surface area contributed by atoms with Crippen LogP contribution in [0.25, 0.3) is 11.3 Å². The van der Waals surface area contributed by atoms with Gasteiger partial charge in [-0.05, 0) is 30.5 Å². The van der Waals surface area contributed by atoms with Gasteiger partial charge in [0.2, 0.25) is 0 Å². The number of piperidine rings is 1. The van der Waals surface area contributed by atoms with E-state index >= 15 is 0 Å². The number of methoxy groups -OCH3 is 1. The Balaban J connectivity index is 1.51. The zero-order valence-corrected chi connectivity index (χ0v) is 17.3. The molecule has 0 atom stereocenters. The average molecular weight is 425 g/mol. The summed E-state index contributed by atoms with van der Waals surface area (Å²) in [5.41, 5.74) is 1.15. The summed E-state index contributed by atoms with van der Waals surface area (Å²) in [5, 5.41) is 4.52. The van der Waals surface area contributed by atoms with Crippen molar-refractivity contribution in [3.63, 3.8) is 0 Å². The molecule has 2 aromatic carbocycles. The predicted molar refractivity (Wildman–Crippen MR) is 112 cm³/mol. The van der Waals surface area contributed by atoms with Gasteiger partial charge >= 0.3 is 5.97 Å². The summed E-state index contributed by atoms with van der Waals surface area (Å²) >= 11 is 6.03. The molecule has 3 aromatic rings. The second-order valence-corrected chi connectivity index (χ2v) is 7.76. The molecule has 1 saturated heterocycles. The summed E-state index contributed by atoms with van der Waals surface area (Å²) in [6.07, 6.45) is 0.961. The maximum absolute atomic E-state index is 13.0. The van der Waals surface area contributed by atoms with E-state index in [4.69, 9.17) is 20.9 Å². The van der Waals surface area contributed by atoms with Gasteiger partial charge in [-0.1, -0.05) is 59.2 Å². The number of carbonyl (C=O) groups is 2. The van der Waals surface area contributed by atoms with E-state index in [-0.39, 0.29) is 17.6 Å². The number of carbonyl (C=O) groups excluding carboxylic acids is 2. The highest BCUT2D eigenvalue weighted by molar-refractivity contribution is 6.30. The van der Waals surface area contributed by atoms with Gasteiger partial charge in [0, 0.05) is 29.7 Å². The third-order valence-corrected chi connectivity index (χ3v) is 5.88. The van der Waals surface area contributed by atoms with E-state index in [0.29, 0.717) is 36.7 Å². The molecule has 0 spiro atoms. The molecule has 0 N–H and O–H groups in total. The molecule has 4 rings (SSSR count). The second kappa shape index (κ2) is 8.32. The largest absolute Gasteiger partial charge is 0.468 e. The number of benzene rings is 2. The first-order valence-electron chi connectivity index (χ1n) is 9.69. The van der Waals surface area contributed by atoms with Crippen LogP contribution in [-0.2, 0) is 14.9 Å². The van der Waals surface area contributed by atoms with Crippen LogP contribution in [0.2, 0.25) is 5.02 Å². The van der Waals surface area contributed by atoms with Gasteiger partial charge in [0.1, 0.15) is 0 Å². The van der Waals surface area contributed by atoms with E-state index < -0.39 is 5.41 Å². The van der Waals surface area contributed by atoms with Crippen LogP contribution in [-0.4, -0.2) is 42.1 Å². The molecular formula is C23H21ClN2O4. The lowest BCUT2D eigenvalue weighted by atomic mass is 9.72. The van der Waals surface area contributed by atoms with E-state index in [2.05, 4.69) is 5.16 Å². The lowest BCUT2D eigenvalue weighted by Gasteiger charge is -2.39. The van der Waals surface area contributed by atoms with Crippen molar-refractivity contribution < 1.29 is 18.8 Å². The van der Waals surface area contributed by atoms with Crippen LogP contribution in [0.4, 0.5) is 0 Å². The molecule has 1 fully saturated rings. The van der Waals surface area contributed by atoms with Crippen molar-refractivity contribution >= 4 is 23.5 Å². The fraction of sp³-hybridized carbons (Fsp3) is 0.261. The Morgan fingerprint density at radius 3 is 2.47 bits per heavy atom. The third kappa shape index (κ3) is 3.71. The number of nitrogens with zero attached hydrogens (tertiary/aromatic N) is 2. The Hall–Kier alpha value is -3.12. The van der Waals surface area contributed by atoms with Gasteiger partial charge in [-0.2, -0.15) is 0 Å². The Morgan fingerprint density at radius 1 is 1.07 bits per heavy atom. The van der Waals surface area contributed by atoms with Crippen molar-refractivity contribution in [2.45, 2.75) is 18.3 Å². The third-order valence-electron chi connectivity index (χ3n) is 5.65. The van der Waals surface area contributed by atoms with Crippen LogP contribution >= 0.6 is 11.6 Å². The Bertz CT molecular complexity index is 1060. The molecule has 0 bridgehead atoms. The van der Waals surface area contributed by atoms with Gasteiger partial charge in [-0.3, -0.25) is 9.59 Å². The first-order valence-corrected chi connectivity index (χ1v) is 10.1. The van der Waals surface area contributed by atoms with E-state index in [1.807, 2.05) is 42.5 Å². The molecule has 0 radical (unpaired) electrons. The molecule has 0 saturated carbocycles. The number of amides is 1. The topological polar surface area (TPSA) is 72.6 Å². The number of esters is 1. The number of ether oxygens (including phenoxy) is 1. The minimum Gasteiger partial charge on any atom is -0.468 e. The molecule has 2 heterocycles. The number of hydrogen-bond donors (Lipinski definition) is 0. The SMILES string of the molecule is COC(=O)C1(c2ccccc2)CCN(C(=O)c2cc(-c3cccc(Cl)c3)on2)CC1. The summed E-state index contributed by atoms with van der Waals surface area (Å²) < 4.78 is 10.5. The van der Waals surface area contributed by atoms with E-state index in [1.54, 1.807) is 23.1 Å². The van der Waals surface area contributed by atoms with Crippen LogP contribution < -0.4 is 0 Å². The molecule has 1 aliphatic rings. The zero-order chi connectivity index (χ0) is 21.1. The van der Waals surface area contributed by atoms with Crippen LogP contribution in [0.1, 0.15) is 28.9 Å². The Labute approximate surface area is 179 Å². The maximum Gasteiger partial charge on any atom is 0.316 e. The fourth-order valence-electron chi connectivity index (χ4n) is 3.97. The predicted octanol–water partition coefficient (Wildman–Crippen LogP) is 4.34. The summed E-state index contributed by atoms with van der Waals surface area (Å²) in [4.78, 5) is 27.3. The molecule has 1 amide bonds. The maximum atomic E-state index is 13.0. The molecule has 1 aliphatic heterocycles. The molecule has 7 heteroatoms. The van der Waals surface area contributed by atoms with Crippen LogP contribution in [0.15, 0.2) is 65.2 Å². The molecule has 154 valence electrons. The van der Waals surface area contributed by atoms with Crippen molar-refractivity contribution in [1.29, 1.82) is 0 Å². The van der Waals surface area contributed by atoms with Gasteiger partial charge in [-0.25, -0.2) is 0 Å². The average Bonchev–Trinajstić information content (AvgIpc) is 3.29. The van der Waals surface area contributed by atoms with Crippen LogP contribution in [0.3, 0.4) is 0 Å². The highest BCUT2D eigenvalue weighted by atomic mass is 35.5.